The molecule has 0 aliphatic rings. The minimum atomic E-state index is 0.633. The first-order chi connectivity index (χ1) is 4.68. The zero-order valence-electron chi connectivity index (χ0n) is 7.57. The Kier molecular flexibility index (Phi) is 5.64. The maximum Gasteiger partial charge on any atom is 0.00792 e. The highest BCUT2D eigenvalue weighted by molar-refractivity contribution is 4.63. The van der Waals surface area contributed by atoms with E-state index in [1.165, 1.54) is 0 Å². The largest absolute Gasteiger partial charge is 0.318 e. The second kappa shape index (κ2) is 5.69. The Labute approximate surface area is 64.4 Å². The van der Waals surface area contributed by atoms with Gasteiger partial charge in [0.05, 0.1) is 0 Å². The zero-order chi connectivity index (χ0) is 7.98. The van der Waals surface area contributed by atoms with Crippen LogP contribution < -0.4 is 10.6 Å². The molecule has 0 aromatic heterocycles. The van der Waals surface area contributed by atoms with E-state index in [9.17, 15) is 0 Å². The molecule has 1 atom stereocenters. The van der Waals surface area contributed by atoms with E-state index in [1.54, 1.807) is 0 Å². The topological polar surface area (TPSA) is 24.1 Å². The molecular formula is C8H20N2. The molecule has 1 unspecified atom stereocenters. The number of hydrogen-bond donors (Lipinski definition) is 2. The molecule has 0 heterocycles. The van der Waals surface area contributed by atoms with Gasteiger partial charge in [-0.1, -0.05) is 13.8 Å². The molecule has 0 fully saturated rings. The summed E-state index contributed by atoms with van der Waals surface area (Å²) in [4.78, 5) is 0. The highest BCUT2D eigenvalue weighted by atomic mass is 14.9. The molecule has 0 saturated heterocycles. The number of hydrogen-bond acceptors (Lipinski definition) is 2. The highest BCUT2D eigenvalue weighted by Gasteiger charge is 2.03. The minimum absolute atomic E-state index is 0.633. The van der Waals surface area contributed by atoms with Gasteiger partial charge in [0.15, 0.2) is 0 Å². The molecule has 0 rings (SSSR count). The molecular weight excluding hydrogens is 124 g/mol. The van der Waals surface area contributed by atoms with Gasteiger partial charge in [0.25, 0.3) is 0 Å². The third-order valence-corrected chi connectivity index (χ3v) is 1.84. The first kappa shape index (κ1) is 9.92. The molecule has 0 bridgehead atoms. The summed E-state index contributed by atoms with van der Waals surface area (Å²) in [7, 11) is 1.97. The van der Waals surface area contributed by atoms with Gasteiger partial charge in [-0.3, -0.25) is 0 Å². The van der Waals surface area contributed by atoms with Crippen LogP contribution in [0.3, 0.4) is 0 Å². The predicted molar refractivity (Wildman–Crippen MR) is 46.2 cm³/mol. The van der Waals surface area contributed by atoms with Gasteiger partial charge in [0.1, 0.15) is 0 Å². The average Bonchev–Trinajstić information content (AvgIpc) is 1.88. The average molecular weight is 144 g/mol. The summed E-state index contributed by atoms with van der Waals surface area (Å²) in [6.45, 7) is 8.81. The summed E-state index contributed by atoms with van der Waals surface area (Å²) >= 11 is 0. The van der Waals surface area contributed by atoms with Crippen molar-refractivity contribution in [3.63, 3.8) is 0 Å². The van der Waals surface area contributed by atoms with E-state index in [2.05, 4.69) is 31.4 Å². The van der Waals surface area contributed by atoms with E-state index in [4.69, 9.17) is 0 Å². The predicted octanol–water partition coefficient (Wildman–Crippen LogP) is 0.840. The lowest BCUT2D eigenvalue weighted by Crippen LogP contribution is -2.35. The molecule has 0 radical (unpaired) electrons. The van der Waals surface area contributed by atoms with Crippen LogP contribution in [-0.2, 0) is 0 Å². The summed E-state index contributed by atoms with van der Waals surface area (Å²) in [5.41, 5.74) is 0. The Bertz CT molecular complexity index is 71.7. The quantitative estimate of drug-likeness (QED) is 0.559. The van der Waals surface area contributed by atoms with E-state index >= 15 is 0 Å². The second-order valence-electron chi connectivity index (χ2n) is 3.09. The smallest absolute Gasteiger partial charge is 0.00792 e. The van der Waals surface area contributed by atoms with Gasteiger partial charge < -0.3 is 10.6 Å². The number of nitrogens with one attached hydrogen (secondary N) is 2. The lowest BCUT2D eigenvalue weighted by atomic mass is 10.1. The highest BCUT2D eigenvalue weighted by Crippen LogP contribution is 1.97. The third kappa shape index (κ3) is 4.77. The van der Waals surface area contributed by atoms with Gasteiger partial charge in [-0.05, 0) is 19.9 Å². The molecule has 0 spiro atoms. The molecule has 2 N–H and O–H groups in total. The van der Waals surface area contributed by atoms with Crippen molar-refractivity contribution in [2.24, 2.45) is 5.92 Å². The molecule has 0 aliphatic carbocycles. The maximum absolute atomic E-state index is 3.42. The third-order valence-electron chi connectivity index (χ3n) is 1.84. The molecule has 0 aromatic rings. The second-order valence-corrected chi connectivity index (χ2v) is 3.09. The lowest BCUT2D eigenvalue weighted by Gasteiger charge is -2.16. The lowest BCUT2D eigenvalue weighted by molar-refractivity contribution is 0.427. The van der Waals surface area contributed by atoms with Crippen molar-refractivity contribution < 1.29 is 0 Å². The van der Waals surface area contributed by atoms with Crippen LogP contribution in [0.5, 0.6) is 0 Å². The molecule has 0 amide bonds. The van der Waals surface area contributed by atoms with Crippen molar-refractivity contribution in [1.82, 2.24) is 10.6 Å². The van der Waals surface area contributed by atoms with Crippen LogP contribution in [0.1, 0.15) is 20.8 Å². The van der Waals surface area contributed by atoms with Crippen molar-refractivity contribution in [2.45, 2.75) is 26.8 Å². The Morgan fingerprint density at radius 3 is 2.10 bits per heavy atom. The van der Waals surface area contributed by atoms with Gasteiger partial charge in [0, 0.05) is 19.1 Å². The van der Waals surface area contributed by atoms with Gasteiger partial charge in [-0.2, -0.15) is 0 Å². The fraction of sp³-hybridized carbons (Fsp3) is 1.00. The molecule has 10 heavy (non-hydrogen) atoms. The Morgan fingerprint density at radius 2 is 1.70 bits per heavy atom. The van der Waals surface area contributed by atoms with Gasteiger partial charge in [0.2, 0.25) is 0 Å². The van der Waals surface area contributed by atoms with Crippen LogP contribution in [0.15, 0.2) is 0 Å². The Hall–Kier alpha value is -0.0800. The zero-order valence-corrected chi connectivity index (χ0v) is 7.57. The standard InChI is InChI=1S/C8H20N2/c1-7(2)8(3)10-6-5-9-4/h7-10H,5-6H2,1-4H3. The molecule has 62 valence electrons. The van der Waals surface area contributed by atoms with Crippen LogP contribution >= 0.6 is 0 Å². The van der Waals surface area contributed by atoms with Gasteiger partial charge in [-0.15, -0.1) is 0 Å². The van der Waals surface area contributed by atoms with Crippen molar-refractivity contribution >= 4 is 0 Å². The van der Waals surface area contributed by atoms with Crippen LogP contribution in [0, 0.1) is 5.92 Å². The molecule has 2 heteroatoms. The van der Waals surface area contributed by atoms with E-state index in [1.807, 2.05) is 7.05 Å². The van der Waals surface area contributed by atoms with E-state index in [0.717, 1.165) is 19.0 Å². The monoisotopic (exact) mass is 144 g/mol. The summed E-state index contributed by atoms with van der Waals surface area (Å²) in [5, 5.41) is 6.52. The summed E-state index contributed by atoms with van der Waals surface area (Å²) in [6.07, 6.45) is 0. The SMILES string of the molecule is CNCCNC(C)C(C)C. The van der Waals surface area contributed by atoms with Crippen LogP contribution in [0.4, 0.5) is 0 Å². The summed E-state index contributed by atoms with van der Waals surface area (Å²) in [6, 6.07) is 0.633. The molecule has 2 nitrogen and oxygen atoms in total. The van der Waals surface area contributed by atoms with E-state index in [0.29, 0.717) is 6.04 Å². The Balaban J connectivity index is 3.13. The van der Waals surface area contributed by atoms with E-state index in [-0.39, 0.29) is 0 Å². The van der Waals surface area contributed by atoms with Gasteiger partial charge >= 0.3 is 0 Å². The first-order valence-corrected chi connectivity index (χ1v) is 4.06. The molecule has 0 aromatic carbocycles. The maximum atomic E-state index is 3.42. The van der Waals surface area contributed by atoms with Crippen molar-refractivity contribution in [3.8, 4) is 0 Å². The fourth-order valence-electron chi connectivity index (χ4n) is 0.661. The summed E-state index contributed by atoms with van der Waals surface area (Å²) in [5.74, 6) is 0.733. The van der Waals surface area contributed by atoms with Crippen LogP contribution in [0.2, 0.25) is 0 Å². The minimum Gasteiger partial charge on any atom is -0.318 e. The van der Waals surface area contributed by atoms with Crippen molar-refractivity contribution in [3.05, 3.63) is 0 Å². The van der Waals surface area contributed by atoms with Crippen molar-refractivity contribution in [2.75, 3.05) is 20.1 Å². The Morgan fingerprint density at radius 1 is 1.10 bits per heavy atom. The first-order valence-electron chi connectivity index (χ1n) is 4.06. The van der Waals surface area contributed by atoms with Crippen molar-refractivity contribution in [1.29, 1.82) is 0 Å². The van der Waals surface area contributed by atoms with E-state index < -0.39 is 0 Å². The molecule has 0 aliphatic heterocycles. The molecule has 0 saturated carbocycles. The number of likely N-dealkylation sites (N-methyl/N-ethyl adjacent to an activating group) is 1. The normalized spacial score (nSPS) is 14.1. The van der Waals surface area contributed by atoms with Gasteiger partial charge in [-0.25, -0.2) is 0 Å². The summed E-state index contributed by atoms with van der Waals surface area (Å²) < 4.78 is 0. The number of rotatable bonds is 5. The fourth-order valence-corrected chi connectivity index (χ4v) is 0.661. The van der Waals surface area contributed by atoms with Crippen LogP contribution in [-0.4, -0.2) is 26.2 Å². The van der Waals surface area contributed by atoms with Crippen LogP contribution in [0.25, 0.3) is 0 Å².